The summed E-state index contributed by atoms with van der Waals surface area (Å²) in [4.78, 5) is 11.9. The highest BCUT2D eigenvalue weighted by molar-refractivity contribution is 14.1. The summed E-state index contributed by atoms with van der Waals surface area (Å²) in [7, 11) is -1.13. The maximum absolute atomic E-state index is 11.9. The number of hydrogen-bond donors (Lipinski definition) is 0. The Hall–Kier alpha value is -0.230. The zero-order valence-electron chi connectivity index (χ0n) is 9.62. The normalized spacial score (nSPS) is 13.5. The van der Waals surface area contributed by atoms with Gasteiger partial charge in [-0.3, -0.25) is 9.00 Å². The van der Waals surface area contributed by atoms with E-state index in [-0.39, 0.29) is 16.3 Å². The van der Waals surface area contributed by atoms with Crippen LogP contribution < -0.4 is 0 Å². The van der Waals surface area contributed by atoms with Gasteiger partial charge in [0.2, 0.25) is 0 Å². The van der Waals surface area contributed by atoms with Crippen LogP contribution in [-0.4, -0.2) is 20.5 Å². The van der Waals surface area contributed by atoms with E-state index in [1.165, 1.54) is 0 Å². The Morgan fingerprint density at radius 1 is 1.31 bits per heavy atom. The summed E-state index contributed by atoms with van der Waals surface area (Å²) in [6.45, 7) is 5.64. The van der Waals surface area contributed by atoms with Gasteiger partial charge in [-0.1, -0.05) is 18.2 Å². The van der Waals surface area contributed by atoms with Crippen LogP contribution in [0.25, 0.3) is 0 Å². The molecule has 0 N–H and O–H groups in total. The van der Waals surface area contributed by atoms with Crippen molar-refractivity contribution in [2.75, 3.05) is 5.75 Å². The van der Waals surface area contributed by atoms with Crippen molar-refractivity contribution < 1.29 is 9.00 Å². The van der Waals surface area contributed by atoms with E-state index in [1.807, 2.05) is 39.0 Å². The lowest BCUT2D eigenvalue weighted by atomic mass is 10.1. The van der Waals surface area contributed by atoms with Gasteiger partial charge in [0.05, 0.1) is 5.75 Å². The Balaban J connectivity index is 2.82. The molecule has 0 heterocycles. The molecule has 0 saturated carbocycles. The quantitative estimate of drug-likeness (QED) is 0.620. The molecule has 4 heteroatoms. The Bertz CT molecular complexity index is 421. The van der Waals surface area contributed by atoms with Crippen LogP contribution >= 0.6 is 22.6 Å². The number of ketones is 1. The first-order valence-corrected chi connectivity index (χ1v) is 7.38. The van der Waals surface area contributed by atoms with Crippen molar-refractivity contribution in [1.29, 1.82) is 0 Å². The van der Waals surface area contributed by atoms with E-state index in [2.05, 4.69) is 22.6 Å². The fourth-order valence-corrected chi connectivity index (χ4v) is 2.62. The van der Waals surface area contributed by atoms with Gasteiger partial charge in [-0.25, -0.2) is 0 Å². The molecular formula is C12H15IO2S. The van der Waals surface area contributed by atoms with Crippen LogP contribution in [0.1, 0.15) is 31.1 Å². The third-order valence-electron chi connectivity index (χ3n) is 2.12. The zero-order chi connectivity index (χ0) is 12.3. The van der Waals surface area contributed by atoms with E-state index < -0.39 is 10.8 Å². The van der Waals surface area contributed by atoms with Crippen molar-refractivity contribution in [2.24, 2.45) is 0 Å². The van der Waals surface area contributed by atoms with E-state index in [9.17, 15) is 9.00 Å². The van der Waals surface area contributed by atoms with E-state index in [1.54, 1.807) is 6.07 Å². The highest BCUT2D eigenvalue weighted by atomic mass is 127. The van der Waals surface area contributed by atoms with E-state index in [0.29, 0.717) is 5.56 Å². The van der Waals surface area contributed by atoms with Crippen molar-refractivity contribution in [3.05, 3.63) is 33.4 Å². The first-order chi connectivity index (χ1) is 7.32. The fourth-order valence-electron chi connectivity index (χ4n) is 1.10. The van der Waals surface area contributed by atoms with Gasteiger partial charge in [0.15, 0.2) is 5.78 Å². The summed E-state index contributed by atoms with van der Waals surface area (Å²) in [5.41, 5.74) is 0.667. The van der Waals surface area contributed by atoms with E-state index >= 15 is 0 Å². The van der Waals surface area contributed by atoms with Gasteiger partial charge in [0.25, 0.3) is 0 Å². The highest BCUT2D eigenvalue weighted by Crippen LogP contribution is 2.16. The minimum absolute atomic E-state index is 0.0433. The third kappa shape index (κ3) is 3.66. The Kier molecular flexibility index (Phi) is 4.67. The second kappa shape index (κ2) is 5.40. The third-order valence-corrected chi connectivity index (χ3v) is 4.95. The fraction of sp³-hybridized carbons (Fsp3) is 0.417. The van der Waals surface area contributed by atoms with Crippen molar-refractivity contribution in [1.82, 2.24) is 0 Å². The average Bonchev–Trinajstić information content (AvgIpc) is 2.16. The van der Waals surface area contributed by atoms with E-state index in [4.69, 9.17) is 0 Å². The SMILES string of the molecule is CC(C)(C)[S@@](=O)CC(=O)c1ccccc1I. The molecule has 0 saturated heterocycles. The lowest BCUT2D eigenvalue weighted by molar-refractivity contribution is 0.102. The molecule has 0 spiro atoms. The smallest absolute Gasteiger partial charge is 0.176 e. The number of Topliss-reactive ketones (excluding diaryl/α,β-unsaturated/α-hetero) is 1. The molecule has 2 nitrogen and oxygen atoms in total. The molecule has 16 heavy (non-hydrogen) atoms. The lowest BCUT2D eigenvalue weighted by Gasteiger charge is -2.17. The monoisotopic (exact) mass is 350 g/mol. The predicted molar refractivity (Wildman–Crippen MR) is 76.3 cm³/mol. The van der Waals surface area contributed by atoms with Crippen LogP contribution in [0, 0.1) is 3.57 Å². The number of carbonyl (C=O) groups is 1. The molecule has 1 aromatic carbocycles. The van der Waals surface area contributed by atoms with Crippen LogP contribution in [0.2, 0.25) is 0 Å². The lowest BCUT2D eigenvalue weighted by Crippen LogP contribution is -2.27. The maximum Gasteiger partial charge on any atom is 0.176 e. The summed E-state index contributed by atoms with van der Waals surface area (Å²) < 4.78 is 12.4. The van der Waals surface area contributed by atoms with Gasteiger partial charge >= 0.3 is 0 Å². The molecule has 88 valence electrons. The minimum atomic E-state index is -1.13. The molecule has 0 bridgehead atoms. The van der Waals surface area contributed by atoms with Gasteiger partial charge in [-0.15, -0.1) is 0 Å². The molecule has 1 rings (SSSR count). The standard InChI is InChI=1S/C12H15IO2S/c1-12(2,3)16(15)8-11(14)9-6-4-5-7-10(9)13/h4-7H,8H2,1-3H3/t16-/m0/s1. The van der Waals surface area contributed by atoms with Gasteiger partial charge in [0.1, 0.15) is 0 Å². The van der Waals surface area contributed by atoms with Gasteiger partial charge in [-0.2, -0.15) is 0 Å². The Labute approximate surface area is 112 Å². The second-order valence-electron chi connectivity index (χ2n) is 4.51. The topological polar surface area (TPSA) is 34.1 Å². The summed E-state index contributed by atoms with van der Waals surface area (Å²) in [5, 5.41) is 0. The number of halogens is 1. The number of hydrogen-bond acceptors (Lipinski definition) is 2. The molecular weight excluding hydrogens is 335 g/mol. The largest absolute Gasteiger partial charge is 0.293 e. The highest BCUT2D eigenvalue weighted by Gasteiger charge is 2.23. The van der Waals surface area contributed by atoms with Crippen molar-refractivity contribution in [3.8, 4) is 0 Å². The molecule has 0 radical (unpaired) electrons. The molecule has 0 aliphatic heterocycles. The number of benzene rings is 1. The van der Waals surface area contributed by atoms with Crippen LogP contribution in [0.4, 0.5) is 0 Å². The molecule has 0 unspecified atom stereocenters. The summed E-state index contributed by atoms with van der Waals surface area (Å²) in [6.07, 6.45) is 0. The van der Waals surface area contributed by atoms with Crippen molar-refractivity contribution in [3.63, 3.8) is 0 Å². The van der Waals surface area contributed by atoms with E-state index in [0.717, 1.165) is 3.57 Å². The Morgan fingerprint density at radius 3 is 2.38 bits per heavy atom. The zero-order valence-corrected chi connectivity index (χ0v) is 12.6. The molecule has 0 fully saturated rings. The second-order valence-corrected chi connectivity index (χ2v) is 7.87. The van der Waals surface area contributed by atoms with Crippen LogP contribution in [0.15, 0.2) is 24.3 Å². The maximum atomic E-state index is 11.9. The molecule has 0 aliphatic rings. The molecule has 1 atom stereocenters. The van der Waals surface area contributed by atoms with Crippen molar-refractivity contribution >= 4 is 39.2 Å². The van der Waals surface area contributed by atoms with Crippen LogP contribution in [-0.2, 0) is 10.8 Å². The summed E-state index contributed by atoms with van der Waals surface area (Å²) in [6, 6.07) is 7.38. The molecule has 0 amide bonds. The number of carbonyl (C=O) groups excluding carboxylic acids is 1. The van der Waals surface area contributed by atoms with Gasteiger partial charge in [0, 0.05) is 24.7 Å². The first kappa shape index (κ1) is 13.8. The summed E-state index contributed by atoms with van der Waals surface area (Å²) >= 11 is 2.12. The minimum Gasteiger partial charge on any atom is -0.293 e. The van der Waals surface area contributed by atoms with Crippen LogP contribution in [0.3, 0.4) is 0 Å². The van der Waals surface area contributed by atoms with Gasteiger partial charge in [-0.05, 0) is 49.4 Å². The average molecular weight is 350 g/mol. The summed E-state index contributed by atoms with van der Waals surface area (Å²) in [5.74, 6) is 0.0574. The molecule has 0 aromatic heterocycles. The molecule has 0 aliphatic carbocycles. The van der Waals surface area contributed by atoms with Gasteiger partial charge < -0.3 is 0 Å². The van der Waals surface area contributed by atoms with Crippen LogP contribution in [0.5, 0.6) is 0 Å². The first-order valence-electron chi connectivity index (χ1n) is 4.98. The predicted octanol–water partition coefficient (Wildman–Crippen LogP) is 3.02. The Morgan fingerprint density at radius 2 is 1.88 bits per heavy atom. The van der Waals surface area contributed by atoms with Crippen molar-refractivity contribution in [2.45, 2.75) is 25.5 Å². The number of rotatable bonds is 3. The molecule has 1 aromatic rings.